The Morgan fingerprint density at radius 3 is 2.61 bits per heavy atom. The standard InChI is InChI=1S/C24H19N5O2/c30-23(27-17-7-9-18(10-8-17)29-13-12-26-24(29)31)20-14-22(16-4-3-11-25-15-16)28-21-6-2-1-5-19(20)21/h1-11,14-15H,12-13H2,(H,26,31)(H,27,30). The molecule has 0 spiro atoms. The van der Waals surface area contributed by atoms with Gasteiger partial charge in [-0.3, -0.25) is 14.7 Å². The molecule has 3 heterocycles. The van der Waals surface area contributed by atoms with Gasteiger partial charge in [0.2, 0.25) is 0 Å². The van der Waals surface area contributed by atoms with Crippen LogP contribution in [0.25, 0.3) is 22.2 Å². The minimum atomic E-state index is -0.226. The lowest BCUT2D eigenvalue weighted by Crippen LogP contribution is -2.27. The summed E-state index contributed by atoms with van der Waals surface area (Å²) in [7, 11) is 0. The largest absolute Gasteiger partial charge is 0.336 e. The van der Waals surface area contributed by atoms with Crippen LogP contribution >= 0.6 is 0 Å². The number of carbonyl (C=O) groups excluding carboxylic acids is 2. The number of nitrogens with one attached hydrogen (secondary N) is 2. The van der Waals surface area contributed by atoms with E-state index in [1.165, 1.54) is 0 Å². The van der Waals surface area contributed by atoms with Crippen molar-refractivity contribution >= 4 is 34.2 Å². The maximum atomic E-state index is 13.2. The predicted octanol–water partition coefficient (Wildman–Crippen LogP) is 4.08. The highest BCUT2D eigenvalue weighted by Crippen LogP contribution is 2.26. The number of pyridine rings is 2. The number of amides is 3. The first kappa shape index (κ1) is 18.7. The predicted molar refractivity (Wildman–Crippen MR) is 120 cm³/mol. The number of anilines is 2. The van der Waals surface area contributed by atoms with Gasteiger partial charge < -0.3 is 10.6 Å². The molecular formula is C24H19N5O2. The van der Waals surface area contributed by atoms with E-state index in [2.05, 4.69) is 15.6 Å². The topological polar surface area (TPSA) is 87.2 Å². The summed E-state index contributed by atoms with van der Waals surface area (Å²) in [5.74, 6) is -0.226. The van der Waals surface area contributed by atoms with E-state index < -0.39 is 0 Å². The second-order valence-electron chi connectivity index (χ2n) is 7.20. The van der Waals surface area contributed by atoms with Crippen LogP contribution < -0.4 is 15.5 Å². The highest BCUT2D eigenvalue weighted by Gasteiger charge is 2.21. The SMILES string of the molecule is O=C(Nc1ccc(N2CCNC2=O)cc1)c1cc(-c2cccnc2)nc2ccccc12. The van der Waals surface area contributed by atoms with Crippen LogP contribution in [0.2, 0.25) is 0 Å². The number of hydrogen-bond donors (Lipinski definition) is 2. The Balaban J connectivity index is 1.46. The van der Waals surface area contributed by atoms with Gasteiger partial charge >= 0.3 is 6.03 Å². The van der Waals surface area contributed by atoms with Crippen molar-refractivity contribution < 1.29 is 9.59 Å². The molecule has 1 fully saturated rings. The smallest absolute Gasteiger partial charge is 0.321 e. The fraction of sp³-hybridized carbons (Fsp3) is 0.0833. The minimum Gasteiger partial charge on any atom is -0.336 e. The number of nitrogens with zero attached hydrogens (tertiary/aromatic N) is 3. The molecule has 1 aliphatic rings. The van der Waals surface area contributed by atoms with E-state index in [0.29, 0.717) is 30.0 Å². The van der Waals surface area contributed by atoms with Gasteiger partial charge in [-0.05, 0) is 48.5 Å². The Labute approximate surface area is 178 Å². The van der Waals surface area contributed by atoms with Crippen molar-refractivity contribution in [2.75, 3.05) is 23.3 Å². The van der Waals surface area contributed by atoms with Crippen molar-refractivity contribution in [3.05, 3.63) is 84.7 Å². The molecule has 0 bridgehead atoms. The van der Waals surface area contributed by atoms with Gasteiger partial charge in [-0.25, -0.2) is 9.78 Å². The second kappa shape index (κ2) is 7.87. The molecule has 1 aliphatic heterocycles. The number of urea groups is 1. The van der Waals surface area contributed by atoms with E-state index in [0.717, 1.165) is 22.2 Å². The quantitative estimate of drug-likeness (QED) is 0.532. The van der Waals surface area contributed by atoms with Crippen molar-refractivity contribution in [2.45, 2.75) is 0 Å². The minimum absolute atomic E-state index is 0.108. The number of hydrogen-bond acceptors (Lipinski definition) is 4. The van der Waals surface area contributed by atoms with Crippen molar-refractivity contribution in [1.82, 2.24) is 15.3 Å². The fourth-order valence-corrected chi connectivity index (χ4v) is 3.67. The Bertz CT molecular complexity index is 1270. The molecule has 5 rings (SSSR count). The second-order valence-corrected chi connectivity index (χ2v) is 7.20. The third-order valence-electron chi connectivity index (χ3n) is 5.21. The van der Waals surface area contributed by atoms with Gasteiger partial charge in [-0.2, -0.15) is 0 Å². The molecule has 0 radical (unpaired) electrons. The molecule has 1 saturated heterocycles. The van der Waals surface area contributed by atoms with Gasteiger partial charge in [0.25, 0.3) is 5.91 Å². The zero-order valence-electron chi connectivity index (χ0n) is 16.6. The summed E-state index contributed by atoms with van der Waals surface area (Å²) in [6.45, 7) is 1.26. The number of benzene rings is 2. The monoisotopic (exact) mass is 409 g/mol. The van der Waals surface area contributed by atoms with Crippen molar-refractivity contribution in [2.24, 2.45) is 0 Å². The van der Waals surface area contributed by atoms with Crippen LogP contribution in [0.5, 0.6) is 0 Å². The van der Waals surface area contributed by atoms with Crippen LogP contribution in [-0.4, -0.2) is 35.0 Å². The highest BCUT2D eigenvalue weighted by atomic mass is 16.2. The third kappa shape index (κ3) is 3.69. The lowest BCUT2D eigenvalue weighted by atomic mass is 10.0. The Hall–Kier alpha value is -4.26. The Morgan fingerprint density at radius 1 is 1.03 bits per heavy atom. The fourth-order valence-electron chi connectivity index (χ4n) is 3.67. The van der Waals surface area contributed by atoms with Gasteiger partial charge in [0.1, 0.15) is 0 Å². The molecule has 31 heavy (non-hydrogen) atoms. The first-order valence-corrected chi connectivity index (χ1v) is 9.96. The highest BCUT2D eigenvalue weighted by molar-refractivity contribution is 6.13. The molecule has 152 valence electrons. The number of rotatable bonds is 4. The molecule has 7 nitrogen and oxygen atoms in total. The van der Waals surface area contributed by atoms with E-state index in [9.17, 15) is 9.59 Å². The van der Waals surface area contributed by atoms with Crippen molar-refractivity contribution in [3.8, 4) is 11.3 Å². The molecule has 2 aromatic heterocycles. The maximum Gasteiger partial charge on any atom is 0.321 e. The molecule has 7 heteroatoms. The average molecular weight is 409 g/mol. The summed E-state index contributed by atoms with van der Waals surface area (Å²) >= 11 is 0. The molecule has 0 atom stereocenters. The van der Waals surface area contributed by atoms with E-state index in [-0.39, 0.29) is 11.9 Å². The van der Waals surface area contributed by atoms with Gasteiger partial charge in [0.05, 0.1) is 16.8 Å². The summed E-state index contributed by atoms with van der Waals surface area (Å²) in [6, 6.07) is 20.2. The first-order valence-electron chi connectivity index (χ1n) is 9.96. The van der Waals surface area contributed by atoms with Gasteiger partial charge in [-0.1, -0.05) is 18.2 Å². The van der Waals surface area contributed by atoms with Crippen LogP contribution in [0, 0.1) is 0 Å². The van der Waals surface area contributed by atoms with Crippen LogP contribution in [0.4, 0.5) is 16.2 Å². The van der Waals surface area contributed by atoms with Crippen LogP contribution in [0.3, 0.4) is 0 Å². The molecular weight excluding hydrogens is 390 g/mol. The van der Waals surface area contributed by atoms with Gasteiger partial charge in [0, 0.05) is 47.8 Å². The number of fused-ring (bicyclic) bond motifs is 1. The number of para-hydroxylation sites is 1. The molecule has 0 unspecified atom stereocenters. The maximum absolute atomic E-state index is 13.2. The zero-order chi connectivity index (χ0) is 21.2. The van der Waals surface area contributed by atoms with E-state index in [1.807, 2.05) is 48.5 Å². The summed E-state index contributed by atoms with van der Waals surface area (Å²) < 4.78 is 0. The third-order valence-corrected chi connectivity index (χ3v) is 5.21. The van der Waals surface area contributed by atoms with Gasteiger partial charge in [0.15, 0.2) is 0 Å². The Morgan fingerprint density at radius 2 is 1.87 bits per heavy atom. The number of carbonyl (C=O) groups is 2. The molecule has 0 aliphatic carbocycles. The molecule has 3 amide bonds. The summed E-state index contributed by atoms with van der Waals surface area (Å²) in [5, 5.41) is 6.51. The molecule has 4 aromatic rings. The van der Waals surface area contributed by atoms with Gasteiger partial charge in [-0.15, -0.1) is 0 Å². The van der Waals surface area contributed by atoms with Crippen LogP contribution in [-0.2, 0) is 0 Å². The molecule has 2 N–H and O–H groups in total. The van der Waals surface area contributed by atoms with Crippen molar-refractivity contribution in [1.29, 1.82) is 0 Å². The summed E-state index contributed by atoms with van der Waals surface area (Å²) in [6.07, 6.45) is 3.43. The summed E-state index contributed by atoms with van der Waals surface area (Å²) in [4.78, 5) is 35.5. The van der Waals surface area contributed by atoms with Crippen LogP contribution in [0.1, 0.15) is 10.4 Å². The van der Waals surface area contributed by atoms with Crippen molar-refractivity contribution in [3.63, 3.8) is 0 Å². The van der Waals surface area contributed by atoms with E-state index in [1.54, 1.807) is 35.5 Å². The Kier molecular flexibility index (Phi) is 4.76. The lowest BCUT2D eigenvalue weighted by Gasteiger charge is -2.15. The van der Waals surface area contributed by atoms with E-state index in [4.69, 9.17) is 4.98 Å². The molecule has 0 saturated carbocycles. The number of aromatic nitrogens is 2. The normalized spacial score (nSPS) is 13.3. The average Bonchev–Trinajstić information content (AvgIpc) is 3.25. The first-order chi connectivity index (χ1) is 15.2. The zero-order valence-corrected chi connectivity index (χ0v) is 16.6. The molecule has 2 aromatic carbocycles. The van der Waals surface area contributed by atoms with E-state index >= 15 is 0 Å². The van der Waals surface area contributed by atoms with Crippen LogP contribution in [0.15, 0.2) is 79.1 Å². The lowest BCUT2D eigenvalue weighted by molar-refractivity contribution is 0.102. The summed E-state index contributed by atoms with van der Waals surface area (Å²) in [5.41, 5.74) is 4.25.